The van der Waals surface area contributed by atoms with Gasteiger partial charge in [0.05, 0.1) is 6.61 Å². The number of amidine groups is 1. The first-order valence-electron chi connectivity index (χ1n) is 11.1. The van der Waals surface area contributed by atoms with Gasteiger partial charge in [-0.15, -0.1) is 0 Å². The Labute approximate surface area is 203 Å². The number of unbranched alkanes of at least 4 members (excludes halogenated alkanes) is 2. The minimum atomic E-state index is -0.177. The number of nitrogens with zero attached hydrogens (tertiary/aromatic N) is 3. The van der Waals surface area contributed by atoms with Crippen molar-refractivity contribution in [2.45, 2.75) is 25.8 Å². The zero-order valence-electron chi connectivity index (χ0n) is 18.9. The molecule has 0 atom stereocenters. The number of ether oxygens (including phenoxy) is 1. The normalized spacial score (nSPS) is 15.4. The molecule has 176 valence electrons. The standard InChI is InChI=1S/C25H27N5O3S/c1-29-22(24(31)27-25(29)34)15-18-16-30(21-8-4-3-7-20(18)21)13-5-2-6-14-33-19-11-9-17(10-12-19)23(26)28-32/h3-4,7-12,15-16,32H,2,5-6,13-14H2,1H3,(H2,26,28)(H,27,31,34)/b22-15+. The van der Waals surface area contributed by atoms with Crippen LogP contribution in [0, 0.1) is 0 Å². The van der Waals surface area contributed by atoms with Gasteiger partial charge in [-0.2, -0.15) is 0 Å². The zero-order valence-corrected chi connectivity index (χ0v) is 19.7. The minimum absolute atomic E-state index is 0.0745. The number of aromatic nitrogens is 1. The molecule has 1 fully saturated rings. The predicted molar refractivity (Wildman–Crippen MR) is 137 cm³/mol. The Bertz CT molecular complexity index is 1260. The Morgan fingerprint density at radius 1 is 1.18 bits per heavy atom. The number of benzene rings is 2. The molecule has 4 rings (SSSR count). The first-order chi connectivity index (χ1) is 16.5. The molecule has 8 nitrogen and oxygen atoms in total. The number of para-hydroxylation sites is 1. The first-order valence-corrected chi connectivity index (χ1v) is 11.5. The zero-order chi connectivity index (χ0) is 24.1. The third-order valence-electron chi connectivity index (χ3n) is 5.80. The van der Waals surface area contributed by atoms with Gasteiger partial charge in [0.1, 0.15) is 11.4 Å². The van der Waals surface area contributed by atoms with Crippen molar-refractivity contribution in [3.63, 3.8) is 0 Å². The number of nitrogens with two attached hydrogens (primary N) is 1. The second kappa shape index (κ2) is 10.4. The van der Waals surface area contributed by atoms with Crippen LogP contribution in [0.2, 0.25) is 0 Å². The van der Waals surface area contributed by atoms with E-state index >= 15 is 0 Å². The molecule has 9 heteroatoms. The molecular formula is C25H27N5O3S. The number of carbonyl (C=O) groups is 1. The van der Waals surface area contributed by atoms with Crippen molar-refractivity contribution in [3.8, 4) is 5.75 Å². The average molecular weight is 478 g/mol. The summed E-state index contributed by atoms with van der Waals surface area (Å²) in [5.74, 6) is 0.651. The number of aryl methyl sites for hydroxylation is 1. The SMILES string of the molecule is CN1C(=S)NC(=O)/C1=C\c1cn(CCCCCOc2ccc(/C(N)=N\O)cc2)c2ccccc12. The molecule has 1 aliphatic heterocycles. The third-order valence-corrected chi connectivity index (χ3v) is 6.18. The topological polar surface area (TPSA) is 105 Å². The molecule has 3 aromatic rings. The second-order valence-electron chi connectivity index (χ2n) is 8.06. The van der Waals surface area contributed by atoms with Crippen LogP contribution in [-0.4, -0.2) is 45.2 Å². The Morgan fingerprint density at radius 2 is 1.94 bits per heavy atom. The molecule has 2 heterocycles. The second-order valence-corrected chi connectivity index (χ2v) is 8.45. The number of carbonyl (C=O) groups excluding carboxylic acids is 1. The van der Waals surface area contributed by atoms with E-state index in [1.807, 2.05) is 30.3 Å². The lowest BCUT2D eigenvalue weighted by Gasteiger charge is -2.08. The fourth-order valence-corrected chi connectivity index (χ4v) is 4.11. The molecule has 4 N–H and O–H groups in total. The van der Waals surface area contributed by atoms with Crippen molar-refractivity contribution in [1.29, 1.82) is 0 Å². The Morgan fingerprint density at radius 3 is 2.65 bits per heavy atom. The van der Waals surface area contributed by atoms with E-state index < -0.39 is 0 Å². The van der Waals surface area contributed by atoms with E-state index in [0.29, 0.717) is 23.0 Å². The number of amides is 1. The summed E-state index contributed by atoms with van der Waals surface area (Å²) >= 11 is 5.18. The number of hydrogen-bond donors (Lipinski definition) is 3. The van der Waals surface area contributed by atoms with Gasteiger partial charge in [0.25, 0.3) is 5.91 Å². The molecule has 0 saturated carbocycles. The fraction of sp³-hybridized carbons (Fsp3) is 0.240. The molecule has 0 radical (unpaired) electrons. The summed E-state index contributed by atoms with van der Waals surface area (Å²) < 4.78 is 8.03. The van der Waals surface area contributed by atoms with Gasteiger partial charge in [-0.1, -0.05) is 23.4 Å². The summed E-state index contributed by atoms with van der Waals surface area (Å²) in [6.07, 6.45) is 6.95. The van der Waals surface area contributed by atoms with Crippen LogP contribution < -0.4 is 15.8 Å². The smallest absolute Gasteiger partial charge is 0.274 e. The van der Waals surface area contributed by atoms with Crippen LogP contribution in [-0.2, 0) is 11.3 Å². The Balaban J connectivity index is 1.33. The van der Waals surface area contributed by atoms with Crippen molar-refractivity contribution >= 4 is 46.1 Å². The fourth-order valence-electron chi connectivity index (χ4n) is 3.92. The maximum absolute atomic E-state index is 12.2. The number of nitrogens with one attached hydrogen (secondary N) is 1. The lowest BCUT2D eigenvalue weighted by Crippen LogP contribution is -2.23. The van der Waals surface area contributed by atoms with Gasteiger partial charge in [0.15, 0.2) is 10.9 Å². The molecule has 1 saturated heterocycles. The maximum atomic E-state index is 12.2. The Kier molecular flexibility index (Phi) is 7.12. The van der Waals surface area contributed by atoms with E-state index in [-0.39, 0.29) is 11.7 Å². The van der Waals surface area contributed by atoms with Crippen LogP contribution >= 0.6 is 12.2 Å². The van der Waals surface area contributed by atoms with Crippen molar-refractivity contribution in [2.75, 3.05) is 13.7 Å². The number of thiocarbonyl (C=S) groups is 1. The molecule has 2 aromatic carbocycles. The van der Waals surface area contributed by atoms with E-state index in [0.717, 1.165) is 48.0 Å². The average Bonchev–Trinajstić information content (AvgIpc) is 3.32. The summed E-state index contributed by atoms with van der Waals surface area (Å²) in [4.78, 5) is 13.9. The molecule has 1 amide bonds. The molecule has 1 aliphatic rings. The molecule has 0 unspecified atom stereocenters. The quantitative estimate of drug-likeness (QED) is 0.0826. The van der Waals surface area contributed by atoms with E-state index in [1.54, 1.807) is 24.1 Å². The van der Waals surface area contributed by atoms with Gasteiger partial charge in [-0.05, 0) is 67.9 Å². The summed E-state index contributed by atoms with van der Waals surface area (Å²) in [6, 6.07) is 15.3. The molecule has 1 aromatic heterocycles. The lowest BCUT2D eigenvalue weighted by atomic mass is 10.1. The number of hydrogen-bond acceptors (Lipinski definition) is 5. The molecule has 0 spiro atoms. The highest BCUT2D eigenvalue weighted by atomic mass is 32.1. The first kappa shape index (κ1) is 23.3. The van der Waals surface area contributed by atoms with Crippen LogP contribution in [0.25, 0.3) is 17.0 Å². The van der Waals surface area contributed by atoms with Gasteiger partial charge in [0, 0.05) is 41.8 Å². The van der Waals surface area contributed by atoms with Crippen LogP contribution in [0.1, 0.15) is 30.4 Å². The number of fused-ring (bicyclic) bond motifs is 1. The van der Waals surface area contributed by atoms with E-state index in [4.69, 9.17) is 27.9 Å². The lowest BCUT2D eigenvalue weighted by molar-refractivity contribution is -0.115. The van der Waals surface area contributed by atoms with Crippen molar-refractivity contribution in [3.05, 3.63) is 71.6 Å². The molecule has 0 bridgehead atoms. The van der Waals surface area contributed by atoms with Crippen molar-refractivity contribution < 1.29 is 14.7 Å². The summed E-state index contributed by atoms with van der Waals surface area (Å²) in [5.41, 5.74) is 8.90. The van der Waals surface area contributed by atoms with Gasteiger partial charge in [-0.3, -0.25) is 10.1 Å². The molecule has 34 heavy (non-hydrogen) atoms. The molecular weight excluding hydrogens is 450 g/mol. The van der Waals surface area contributed by atoms with Crippen LogP contribution in [0.15, 0.2) is 65.6 Å². The van der Waals surface area contributed by atoms with E-state index in [2.05, 4.69) is 33.4 Å². The summed E-state index contributed by atoms with van der Waals surface area (Å²) in [5, 5.41) is 15.9. The van der Waals surface area contributed by atoms with Gasteiger partial charge < -0.3 is 25.1 Å². The number of likely N-dealkylation sites (N-methyl/N-ethyl adjacent to an activating group) is 1. The number of oxime groups is 1. The van der Waals surface area contributed by atoms with Crippen LogP contribution in [0.3, 0.4) is 0 Å². The highest BCUT2D eigenvalue weighted by molar-refractivity contribution is 7.80. The minimum Gasteiger partial charge on any atom is -0.494 e. The molecule has 0 aliphatic carbocycles. The van der Waals surface area contributed by atoms with E-state index in [9.17, 15) is 4.79 Å². The van der Waals surface area contributed by atoms with E-state index in [1.165, 1.54) is 0 Å². The third kappa shape index (κ3) is 5.04. The van der Waals surface area contributed by atoms with Crippen LogP contribution in [0.5, 0.6) is 5.75 Å². The summed E-state index contributed by atoms with van der Waals surface area (Å²) in [6.45, 7) is 1.49. The Hall–Kier alpha value is -3.85. The number of rotatable bonds is 9. The predicted octanol–water partition coefficient (Wildman–Crippen LogP) is 3.67. The largest absolute Gasteiger partial charge is 0.494 e. The van der Waals surface area contributed by atoms with Crippen molar-refractivity contribution in [1.82, 2.24) is 14.8 Å². The van der Waals surface area contributed by atoms with Gasteiger partial charge in [0.2, 0.25) is 0 Å². The monoisotopic (exact) mass is 477 g/mol. The summed E-state index contributed by atoms with van der Waals surface area (Å²) in [7, 11) is 1.79. The van der Waals surface area contributed by atoms with Crippen molar-refractivity contribution in [2.24, 2.45) is 10.9 Å². The highest BCUT2D eigenvalue weighted by Gasteiger charge is 2.27. The van der Waals surface area contributed by atoms with Crippen LogP contribution in [0.4, 0.5) is 0 Å². The maximum Gasteiger partial charge on any atom is 0.274 e. The highest BCUT2D eigenvalue weighted by Crippen LogP contribution is 2.26. The van der Waals surface area contributed by atoms with Gasteiger partial charge >= 0.3 is 0 Å². The van der Waals surface area contributed by atoms with Gasteiger partial charge in [-0.25, -0.2) is 0 Å².